The van der Waals surface area contributed by atoms with E-state index in [4.69, 9.17) is 4.74 Å². The lowest BCUT2D eigenvalue weighted by molar-refractivity contribution is -0.137. The fourth-order valence-corrected chi connectivity index (χ4v) is 5.33. The van der Waals surface area contributed by atoms with Crippen LogP contribution in [0.25, 0.3) is 0 Å². The predicted molar refractivity (Wildman–Crippen MR) is 133 cm³/mol. The van der Waals surface area contributed by atoms with Gasteiger partial charge in [0.05, 0.1) is 30.3 Å². The van der Waals surface area contributed by atoms with Crippen LogP contribution in [0.2, 0.25) is 0 Å². The van der Waals surface area contributed by atoms with E-state index in [-0.39, 0.29) is 30.7 Å². The first-order valence-corrected chi connectivity index (χ1v) is 12.1. The maximum atomic E-state index is 13.5. The number of amides is 1. The second kappa shape index (κ2) is 9.95. The lowest BCUT2D eigenvalue weighted by atomic mass is 9.82. The number of carbonyl (C=O) groups excluding carboxylic acids is 1. The highest BCUT2D eigenvalue weighted by atomic mass is 19.4. The largest absolute Gasteiger partial charge is 0.495 e. The third-order valence-electron chi connectivity index (χ3n) is 7.18. The molecule has 9 heteroatoms. The zero-order valence-electron chi connectivity index (χ0n) is 20.3. The Morgan fingerprint density at radius 2 is 1.78 bits per heavy atom. The van der Waals surface area contributed by atoms with Gasteiger partial charge >= 0.3 is 6.18 Å². The maximum Gasteiger partial charge on any atom is 0.416 e. The van der Waals surface area contributed by atoms with Crippen molar-refractivity contribution in [3.8, 4) is 5.75 Å². The summed E-state index contributed by atoms with van der Waals surface area (Å²) in [6.07, 6.45) is -4.27. The molecule has 0 unspecified atom stereocenters. The summed E-state index contributed by atoms with van der Waals surface area (Å²) in [4.78, 5) is 17.7. The van der Waals surface area contributed by atoms with Gasteiger partial charge in [0.25, 0.3) is 0 Å². The molecule has 0 radical (unpaired) electrons. The summed E-state index contributed by atoms with van der Waals surface area (Å²) in [6, 6.07) is 17.0. The molecule has 1 saturated heterocycles. The molecular formula is C28H27F4N3O2. The van der Waals surface area contributed by atoms with E-state index in [0.717, 1.165) is 28.8 Å². The summed E-state index contributed by atoms with van der Waals surface area (Å²) in [5.41, 5.74) is 2.18. The molecule has 0 aliphatic carbocycles. The molecule has 3 aromatic rings. The lowest BCUT2D eigenvalue weighted by Crippen LogP contribution is -2.61. The number of halogens is 4. The fourth-order valence-electron chi connectivity index (χ4n) is 5.33. The van der Waals surface area contributed by atoms with Crippen LogP contribution in [0.5, 0.6) is 5.75 Å². The van der Waals surface area contributed by atoms with Crippen LogP contribution >= 0.6 is 0 Å². The zero-order valence-corrected chi connectivity index (χ0v) is 20.3. The molecule has 5 rings (SSSR count). The summed E-state index contributed by atoms with van der Waals surface area (Å²) in [6.45, 7) is 1.88. The van der Waals surface area contributed by atoms with Gasteiger partial charge < -0.3 is 19.9 Å². The third kappa shape index (κ3) is 5.08. The third-order valence-corrected chi connectivity index (χ3v) is 7.18. The van der Waals surface area contributed by atoms with Crippen LogP contribution in [-0.4, -0.2) is 38.7 Å². The van der Waals surface area contributed by atoms with Crippen LogP contribution in [-0.2, 0) is 23.9 Å². The second-order valence-electron chi connectivity index (χ2n) is 9.37. The molecule has 2 aliphatic heterocycles. The van der Waals surface area contributed by atoms with Crippen molar-refractivity contribution in [1.29, 1.82) is 0 Å². The van der Waals surface area contributed by atoms with Gasteiger partial charge in [-0.3, -0.25) is 4.79 Å². The number of benzene rings is 3. The number of alkyl halides is 3. The van der Waals surface area contributed by atoms with Crippen molar-refractivity contribution in [1.82, 2.24) is 5.32 Å². The Hall–Kier alpha value is -3.75. The summed E-state index contributed by atoms with van der Waals surface area (Å²) in [7, 11) is 1.61. The van der Waals surface area contributed by atoms with Crippen LogP contribution in [0, 0.1) is 11.7 Å². The molecule has 1 amide bonds. The van der Waals surface area contributed by atoms with Gasteiger partial charge in [-0.15, -0.1) is 0 Å². The highest BCUT2D eigenvalue weighted by Gasteiger charge is 2.43. The number of hydrogen-bond acceptors (Lipinski definition) is 4. The van der Waals surface area contributed by atoms with Gasteiger partial charge in [-0.2, -0.15) is 13.2 Å². The topological polar surface area (TPSA) is 44.8 Å². The molecule has 0 spiro atoms. The minimum absolute atomic E-state index is 0.190. The molecule has 194 valence electrons. The standard InChI is InChI=1S/C28H27F4N3O2/c1-37-26-5-3-2-4-24(26)34-12-13-35-23-11-8-20(28(30,31)32)14-19(23)15-22(25(35)17-34)27(36)33-16-18-6-9-21(29)10-7-18/h2-11,14,22,25H,12-13,15-17H2,1H3,(H,33,36)/t22-,25-/m0/s1. The van der Waals surface area contributed by atoms with Gasteiger partial charge in [-0.1, -0.05) is 24.3 Å². The number of nitrogens with one attached hydrogen (secondary N) is 1. The SMILES string of the molecule is COc1ccccc1N1CCN2c3ccc(C(F)(F)F)cc3C[C@H](C(=O)NCc3ccc(F)cc3)[C@@H]2C1. The van der Waals surface area contributed by atoms with Crippen LogP contribution in [0.15, 0.2) is 66.7 Å². The van der Waals surface area contributed by atoms with Crippen LogP contribution in [0.3, 0.4) is 0 Å². The molecule has 2 atom stereocenters. The Morgan fingerprint density at radius 3 is 2.51 bits per heavy atom. The summed E-state index contributed by atoms with van der Waals surface area (Å²) >= 11 is 0. The molecule has 0 saturated carbocycles. The van der Waals surface area contributed by atoms with E-state index in [0.29, 0.717) is 25.2 Å². The number of piperazine rings is 1. The normalized spacial score (nSPS) is 19.2. The van der Waals surface area contributed by atoms with Crippen molar-refractivity contribution in [2.45, 2.75) is 25.2 Å². The number of methoxy groups -OCH3 is 1. The van der Waals surface area contributed by atoms with E-state index < -0.39 is 17.7 Å². The highest BCUT2D eigenvalue weighted by Crippen LogP contribution is 2.41. The van der Waals surface area contributed by atoms with Crippen molar-refractivity contribution in [2.75, 3.05) is 36.5 Å². The van der Waals surface area contributed by atoms with E-state index >= 15 is 0 Å². The first-order valence-electron chi connectivity index (χ1n) is 12.1. The quantitative estimate of drug-likeness (QED) is 0.486. The zero-order chi connectivity index (χ0) is 26.2. The molecular weight excluding hydrogens is 486 g/mol. The average molecular weight is 514 g/mol. The van der Waals surface area contributed by atoms with Gasteiger partial charge in [0, 0.05) is 31.9 Å². The van der Waals surface area contributed by atoms with Gasteiger partial charge in [0.2, 0.25) is 5.91 Å². The predicted octanol–water partition coefficient (Wildman–Crippen LogP) is 5.04. The number of anilines is 2. The summed E-state index contributed by atoms with van der Waals surface area (Å²) in [5, 5.41) is 2.92. The van der Waals surface area contributed by atoms with E-state index in [1.807, 2.05) is 24.3 Å². The van der Waals surface area contributed by atoms with Crippen molar-refractivity contribution < 1.29 is 27.1 Å². The first kappa shape index (κ1) is 24.9. The van der Waals surface area contributed by atoms with E-state index in [2.05, 4.69) is 15.1 Å². The Balaban J connectivity index is 1.45. The maximum absolute atomic E-state index is 13.5. The van der Waals surface area contributed by atoms with E-state index in [9.17, 15) is 22.4 Å². The molecule has 2 heterocycles. The Labute approximate surface area is 212 Å². The van der Waals surface area contributed by atoms with Crippen LogP contribution in [0.1, 0.15) is 16.7 Å². The van der Waals surface area contributed by atoms with Gasteiger partial charge in [0.1, 0.15) is 11.6 Å². The molecule has 1 N–H and O–H groups in total. The number of para-hydroxylation sites is 2. The molecule has 1 fully saturated rings. The Morgan fingerprint density at radius 1 is 1.03 bits per heavy atom. The number of fused-ring (bicyclic) bond motifs is 3. The minimum Gasteiger partial charge on any atom is -0.495 e. The average Bonchev–Trinajstić information content (AvgIpc) is 2.91. The van der Waals surface area contributed by atoms with E-state index in [1.165, 1.54) is 24.3 Å². The number of carbonyl (C=O) groups is 1. The molecule has 5 nitrogen and oxygen atoms in total. The smallest absolute Gasteiger partial charge is 0.416 e. The lowest BCUT2D eigenvalue weighted by Gasteiger charge is -2.49. The molecule has 0 bridgehead atoms. The number of hydrogen-bond donors (Lipinski definition) is 1. The van der Waals surface area contributed by atoms with Crippen molar-refractivity contribution >= 4 is 17.3 Å². The van der Waals surface area contributed by atoms with Crippen LogP contribution < -0.4 is 19.9 Å². The van der Waals surface area contributed by atoms with Crippen molar-refractivity contribution in [2.24, 2.45) is 5.92 Å². The summed E-state index contributed by atoms with van der Waals surface area (Å²) < 4.78 is 59.2. The Bertz CT molecular complexity index is 1280. The van der Waals surface area contributed by atoms with Crippen molar-refractivity contribution in [3.63, 3.8) is 0 Å². The first-order chi connectivity index (χ1) is 17.7. The monoisotopic (exact) mass is 513 g/mol. The van der Waals surface area contributed by atoms with Gasteiger partial charge in [-0.25, -0.2) is 4.39 Å². The fraction of sp³-hybridized carbons (Fsp3) is 0.321. The van der Waals surface area contributed by atoms with Crippen molar-refractivity contribution in [3.05, 3.63) is 89.2 Å². The molecule has 37 heavy (non-hydrogen) atoms. The number of rotatable bonds is 5. The summed E-state index contributed by atoms with van der Waals surface area (Å²) in [5.74, 6) is -0.466. The van der Waals surface area contributed by atoms with Gasteiger partial charge in [0.15, 0.2) is 0 Å². The highest BCUT2D eigenvalue weighted by molar-refractivity contribution is 5.82. The molecule has 2 aliphatic rings. The van der Waals surface area contributed by atoms with Crippen LogP contribution in [0.4, 0.5) is 28.9 Å². The van der Waals surface area contributed by atoms with E-state index in [1.54, 1.807) is 19.2 Å². The number of nitrogens with zero attached hydrogens (tertiary/aromatic N) is 2. The molecule has 0 aromatic heterocycles. The van der Waals surface area contributed by atoms with Gasteiger partial charge in [-0.05, 0) is 60.0 Å². The molecule has 3 aromatic carbocycles. The number of ether oxygens (including phenoxy) is 1. The minimum atomic E-state index is -4.46. The second-order valence-corrected chi connectivity index (χ2v) is 9.37. The Kier molecular flexibility index (Phi) is 6.70.